The van der Waals surface area contributed by atoms with Crippen LogP contribution >= 0.6 is 0 Å². The number of methoxy groups -OCH3 is 1. The lowest BCUT2D eigenvalue weighted by Gasteiger charge is -2.28. The highest BCUT2D eigenvalue weighted by atomic mass is 16.5. The smallest absolute Gasteiger partial charge is 0.319 e. The number of ether oxygens (including phenoxy) is 1. The van der Waals surface area contributed by atoms with Crippen molar-refractivity contribution in [3.05, 3.63) is 54.1 Å². The molecule has 0 spiro atoms. The summed E-state index contributed by atoms with van der Waals surface area (Å²) in [7, 11) is 1.58. The second-order valence-corrected chi connectivity index (χ2v) is 7.24. The second kappa shape index (κ2) is 9.96. The minimum Gasteiger partial charge on any atom is -0.495 e. The zero-order valence-electron chi connectivity index (χ0n) is 17.1. The van der Waals surface area contributed by atoms with Crippen molar-refractivity contribution in [2.24, 2.45) is 0 Å². The number of nitrogens with one attached hydrogen (secondary N) is 2. The molecule has 2 N–H and O–H groups in total. The van der Waals surface area contributed by atoms with Crippen LogP contribution in [0.2, 0.25) is 0 Å². The van der Waals surface area contributed by atoms with Crippen LogP contribution in [0.5, 0.6) is 5.75 Å². The van der Waals surface area contributed by atoms with Crippen LogP contribution in [0.15, 0.2) is 48.5 Å². The minimum atomic E-state index is -0.263. The van der Waals surface area contributed by atoms with Gasteiger partial charge in [0.2, 0.25) is 5.91 Å². The predicted molar refractivity (Wildman–Crippen MR) is 116 cm³/mol. The standard InChI is InChI=1S/C23H29N3O3/c1-3-17(18-9-5-4-6-10-18)16-24-23(28)25-19-12-13-21(29-2)20(15-19)26-14-8-7-11-22(26)27/h4-6,9-10,12-13,15,17H,3,7-8,11,14,16H2,1-2H3,(H2,24,25,28). The molecule has 0 bridgehead atoms. The Labute approximate surface area is 172 Å². The fourth-order valence-electron chi connectivity index (χ4n) is 3.65. The monoisotopic (exact) mass is 395 g/mol. The van der Waals surface area contributed by atoms with Crippen molar-refractivity contribution in [3.63, 3.8) is 0 Å². The molecular formula is C23H29N3O3. The van der Waals surface area contributed by atoms with Crippen LogP contribution in [0.1, 0.15) is 44.1 Å². The topological polar surface area (TPSA) is 70.7 Å². The average Bonchev–Trinajstić information content (AvgIpc) is 2.75. The molecule has 2 aromatic rings. The van der Waals surface area contributed by atoms with E-state index in [4.69, 9.17) is 4.74 Å². The first kappa shape index (κ1) is 20.7. The maximum absolute atomic E-state index is 12.4. The number of rotatable bonds is 7. The van der Waals surface area contributed by atoms with E-state index in [1.165, 1.54) is 5.56 Å². The van der Waals surface area contributed by atoms with Gasteiger partial charge in [-0.3, -0.25) is 4.79 Å². The van der Waals surface area contributed by atoms with E-state index in [1.54, 1.807) is 30.2 Å². The van der Waals surface area contributed by atoms with E-state index in [0.29, 0.717) is 36.6 Å². The molecule has 0 aliphatic carbocycles. The van der Waals surface area contributed by atoms with E-state index < -0.39 is 0 Å². The summed E-state index contributed by atoms with van der Waals surface area (Å²) >= 11 is 0. The van der Waals surface area contributed by atoms with Crippen LogP contribution in [0.25, 0.3) is 0 Å². The predicted octanol–water partition coefficient (Wildman–Crippen LogP) is 4.53. The summed E-state index contributed by atoms with van der Waals surface area (Å²) in [5.41, 5.74) is 2.54. The Kier molecular flexibility index (Phi) is 7.11. The van der Waals surface area contributed by atoms with Gasteiger partial charge in [-0.2, -0.15) is 0 Å². The van der Waals surface area contributed by atoms with Crippen molar-refractivity contribution >= 4 is 23.3 Å². The summed E-state index contributed by atoms with van der Waals surface area (Å²) in [5.74, 6) is 0.977. The van der Waals surface area contributed by atoms with Gasteiger partial charge >= 0.3 is 6.03 Å². The molecule has 1 atom stereocenters. The van der Waals surface area contributed by atoms with Gasteiger partial charge in [0.1, 0.15) is 5.75 Å². The van der Waals surface area contributed by atoms with Crippen LogP contribution in [-0.4, -0.2) is 32.1 Å². The molecule has 1 fully saturated rings. The number of hydrogen-bond donors (Lipinski definition) is 2. The number of benzene rings is 2. The highest BCUT2D eigenvalue weighted by Crippen LogP contribution is 2.33. The molecule has 0 saturated carbocycles. The molecule has 0 radical (unpaired) electrons. The van der Waals surface area contributed by atoms with Crippen LogP contribution < -0.4 is 20.3 Å². The summed E-state index contributed by atoms with van der Waals surface area (Å²) in [6, 6.07) is 15.3. The molecule has 6 heteroatoms. The van der Waals surface area contributed by atoms with Crippen molar-refractivity contribution in [2.75, 3.05) is 30.4 Å². The van der Waals surface area contributed by atoms with Crippen molar-refractivity contribution in [1.82, 2.24) is 5.32 Å². The van der Waals surface area contributed by atoms with E-state index in [0.717, 1.165) is 19.3 Å². The molecule has 29 heavy (non-hydrogen) atoms. The van der Waals surface area contributed by atoms with Crippen molar-refractivity contribution < 1.29 is 14.3 Å². The lowest BCUT2D eigenvalue weighted by Crippen LogP contribution is -2.35. The number of hydrogen-bond acceptors (Lipinski definition) is 3. The molecule has 1 saturated heterocycles. The summed E-state index contributed by atoms with van der Waals surface area (Å²) in [5, 5.41) is 5.83. The van der Waals surface area contributed by atoms with Crippen molar-refractivity contribution in [3.8, 4) is 5.75 Å². The van der Waals surface area contributed by atoms with Gasteiger partial charge in [0, 0.05) is 31.1 Å². The third kappa shape index (κ3) is 5.28. The number of nitrogens with zero attached hydrogens (tertiary/aromatic N) is 1. The number of carbonyl (C=O) groups excluding carboxylic acids is 2. The van der Waals surface area contributed by atoms with Gasteiger partial charge in [-0.15, -0.1) is 0 Å². The third-order valence-electron chi connectivity index (χ3n) is 5.32. The van der Waals surface area contributed by atoms with Gasteiger partial charge < -0.3 is 20.3 Å². The van der Waals surface area contributed by atoms with Crippen LogP contribution in [0.3, 0.4) is 0 Å². The molecule has 1 aliphatic heterocycles. The van der Waals surface area contributed by atoms with Crippen molar-refractivity contribution in [1.29, 1.82) is 0 Å². The molecule has 6 nitrogen and oxygen atoms in total. The molecule has 3 rings (SSSR count). The first-order chi connectivity index (χ1) is 14.1. The maximum atomic E-state index is 12.4. The van der Waals surface area contributed by atoms with Crippen molar-refractivity contribution in [2.45, 2.75) is 38.5 Å². The third-order valence-corrected chi connectivity index (χ3v) is 5.32. The molecule has 2 aromatic carbocycles. The van der Waals surface area contributed by atoms with E-state index in [2.05, 4.69) is 29.7 Å². The summed E-state index contributed by atoms with van der Waals surface area (Å²) in [6.07, 6.45) is 3.36. The van der Waals surface area contributed by atoms with Gasteiger partial charge in [-0.1, -0.05) is 37.3 Å². The Morgan fingerprint density at radius 1 is 1.17 bits per heavy atom. The maximum Gasteiger partial charge on any atom is 0.319 e. The Morgan fingerprint density at radius 3 is 2.66 bits per heavy atom. The fraction of sp³-hybridized carbons (Fsp3) is 0.391. The number of piperidine rings is 1. The highest BCUT2D eigenvalue weighted by Gasteiger charge is 2.23. The normalized spacial score (nSPS) is 15.0. The molecule has 1 unspecified atom stereocenters. The van der Waals surface area contributed by atoms with Gasteiger partial charge in [0.05, 0.1) is 12.8 Å². The molecule has 1 heterocycles. The number of urea groups is 1. The number of amides is 3. The number of anilines is 2. The van der Waals surface area contributed by atoms with Crippen LogP contribution in [-0.2, 0) is 4.79 Å². The zero-order chi connectivity index (χ0) is 20.6. The minimum absolute atomic E-state index is 0.0878. The molecule has 0 aromatic heterocycles. The van der Waals surface area contributed by atoms with E-state index in [1.807, 2.05) is 18.2 Å². The van der Waals surface area contributed by atoms with E-state index >= 15 is 0 Å². The zero-order valence-corrected chi connectivity index (χ0v) is 17.1. The Morgan fingerprint density at radius 2 is 1.97 bits per heavy atom. The van der Waals surface area contributed by atoms with E-state index in [9.17, 15) is 9.59 Å². The summed E-state index contributed by atoms with van der Waals surface area (Å²) < 4.78 is 5.43. The van der Waals surface area contributed by atoms with Gasteiger partial charge in [-0.05, 0) is 43.0 Å². The molecule has 3 amide bonds. The fourth-order valence-corrected chi connectivity index (χ4v) is 3.65. The SMILES string of the molecule is CCC(CNC(=O)Nc1ccc(OC)c(N2CCCCC2=O)c1)c1ccccc1. The average molecular weight is 396 g/mol. The largest absolute Gasteiger partial charge is 0.495 e. The molecule has 154 valence electrons. The van der Waals surface area contributed by atoms with E-state index in [-0.39, 0.29) is 17.9 Å². The number of carbonyl (C=O) groups is 2. The first-order valence-electron chi connectivity index (χ1n) is 10.2. The lowest BCUT2D eigenvalue weighted by molar-refractivity contribution is -0.119. The van der Waals surface area contributed by atoms with Crippen LogP contribution in [0.4, 0.5) is 16.2 Å². The van der Waals surface area contributed by atoms with Crippen LogP contribution in [0, 0.1) is 0 Å². The van der Waals surface area contributed by atoms with Gasteiger partial charge in [0.15, 0.2) is 0 Å². The van der Waals surface area contributed by atoms with Gasteiger partial charge in [0.25, 0.3) is 0 Å². The Bertz CT molecular complexity index is 839. The highest BCUT2D eigenvalue weighted by molar-refractivity contribution is 5.97. The molecular weight excluding hydrogens is 366 g/mol. The summed E-state index contributed by atoms with van der Waals surface area (Å²) in [4.78, 5) is 26.5. The van der Waals surface area contributed by atoms with Gasteiger partial charge in [-0.25, -0.2) is 4.79 Å². The molecule has 1 aliphatic rings. The summed E-state index contributed by atoms with van der Waals surface area (Å²) in [6.45, 7) is 3.34. The first-order valence-corrected chi connectivity index (χ1v) is 10.2. The quantitative estimate of drug-likeness (QED) is 0.724. The lowest BCUT2D eigenvalue weighted by atomic mass is 9.97. The Hall–Kier alpha value is -3.02. The second-order valence-electron chi connectivity index (χ2n) is 7.24. The Balaban J connectivity index is 1.65.